The van der Waals surface area contributed by atoms with Gasteiger partial charge in [0.25, 0.3) is 0 Å². The topological polar surface area (TPSA) is 24.9 Å². The van der Waals surface area contributed by atoms with E-state index in [1.807, 2.05) is 13.1 Å². The molecule has 1 aromatic heterocycles. The summed E-state index contributed by atoms with van der Waals surface area (Å²) in [6.45, 7) is 0.826. The molecule has 0 bridgehead atoms. The van der Waals surface area contributed by atoms with Gasteiger partial charge in [0.15, 0.2) is 0 Å². The Labute approximate surface area is 123 Å². The van der Waals surface area contributed by atoms with E-state index in [1.165, 1.54) is 16.7 Å². The highest BCUT2D eigenvalue weighted by atomic mass is 32.1. The summed E-state index contributed by atoms with van der Waals surface area (Å²) < 4.78 is 0. The zero-order chi connectivity index (χ0) is 13.8. The Morgan fingerprint density at radius 1 is 0.900 bits per heavy atom. The molecule has 0 aliphatic rings. The standard InChI is InChI=1S/C17H16N2S/c1-18-11-17-19-16(12-20-17)15-9-7-14(8-10-15)13-5-3-2-4-6-13/h2-10,12,18H,11H2,1H3. The van der Waals surface area contributed by atoms with Gasteiger partial charge < -0.3 is 5.32 Å². The molecule has 0 aliphatic carbocycles. The quantitative estimate of drug-likeness (QED) is 0.775. The van der Waals surface area contributed by atoms with Crippen LogP contribution in [-0.2, 0) is 6.54 Å². The average molecular weight is 280 g/mol. The Morgan fingerprint density at radius 3 is 2.25 bits per heavy atom. The molecule has 0 amide bonds. The Balaban J connectivity index is 1.85. The second-order valence-corrected chi connectivity index (χ2v) is 5.54. The number of rotatable bonds is 4. The maximum absolute atomic E-state index is 4.63. The monoisotopic (exact) mass is 280 g/mol. The van der Waals surface area contributed by atoms with Gasteiger partial charge in [-0.05, 0) is 18.2 Å². The SMILES string of the molecule is CNCc1nc(-c2ccc(-c3ccccc3)cc2)cs1. The molecular weight excluding hydrogens is 264 g/mol. The molecule has 1 heterocycles. The van der Waals surface area contributed by atoms with E-state index < -0.39 is 0 Å². The van der Waals surface area contributed by atoms with E-state index in [4.69, 9.17) is 0 Å². The van der Waals surface area contributed by atoms with Crippen LogP contribution in [0.15, 0.2) is 60.0 Å². The van der Waals surface area contributed by atoms with Gasteiger partial charge in [0, 0.05) is 17.5 Å². The first-order chi connectivity index (χ1) is 9.86. The van der Waals surface area contributed by atoms with Crippen LogP contribution >= 0.6 is 11.3 Å². The van der Waals surface area contributed by atoms with Gasteiger partial charge in [0.05, 0.1) is 5.69 Å². The molecule has 0 saturated carbocycles. The van der Waals surface area contributed by atoms with E-state index in [9.17, 15) is 0 Å². The van der Waals surface area contributed by atoms with Crippen molar-refractivity contribution in [2.24, 2.45) is 0 Å². The number of thiazole rings is 1. The van der Waals surface area contributed by atoms with Crippen molar-refractivity contribution in [3.8, 4) is 22.4 Å². The van der Waals surface area contributed by atoms with Gasteiger partial charge in [0.1, 0.15) is 5.01 Å². The molecule has 0 atom stereocenters. The minimum absolute atomic E-state index is 0.826. The maximum Gasteiger partial charge on any atom is 0.107 e. The van der Waals surface area contributed by atoms with Crippen LogP contribution in [0.5, 0.6) is 0 Å². The van der Waals surface area contributed by atoms with Crippen molar-refractivity contribution < 1.29 is 0 Å². The Bertz CT molecular complexity index is 672. The molecule has 0 aliphatic heterocycles. The van der Waals surface area contributed by atoms with Crippen LogP contribution in [0.1, 0.15) is 5.01 Å². The third-order valence-corrected chi connectivity index (χ3v) is 4.02. The molecule has 20 heavy (non-hydrogen) atoms. The Morgan fingerprint density at radius 2 is 1.55 bits per heavy atom. The van der Waals surface area contributed by atoms with Crippen molar-refractivity contribution in [3.63, 3.8) is 0 Å². The average Bonchev–Trinajstić information content (AvgIpc) is 2.97. The van der Waals surface area contributed by atoms with Crippen LogP contribution in [-0.4, -0.2) is 12.0 Å². The normalized spacial score (nSPS) is 10.7. The molecule has 0 radical (unpaired) electrons. The Kier molecular flexibility index (Phi) is 3.90. The second kappa shape index (κ2) is 5.99. The highest BCUT2D eigenvalue weighted by Crippen LogP contribution is 2.25. The summed E-state index contributed by atoms with van der Waals surface area (Å²) in [7, 11) is 1.94. The van der Waals surface area contributed by atoms with E-state index in [0.29, 0.717) is 0 Å². The minimum atomic E-state index is 0.826. The smallest absolute Gasteiger partial charge is 0.107 e. The number of hydrogen-bond acceptors (Lipinski definition) is 3. The molecule has 3 aromatic rings. The molecule has 3 rings (SSSR count). The van der Waals surface area contributed by atoms with Gasteiger partial charge in [0.2, 0.25) is 0 Å². The summed E-state index contributed by atoms with van der Waals surface area (Å²) in [5.74, 6) is 0. The van der Waals surface area contributed by atoms with Crippen molar-refractivity contribution >= 4 is 11.3 Å². The van der Waals surface area contributed by atoms with Crippen molar-refractivity contribution in [2.45, 2.75) is 6.54 Å². The van der Waals surface area contributed by atoms with Crippen LogP contribution in [0.3, 0.4) is 0 Å². The summed E-state index contributed by atoms with van der Waals surface area (Å²) in [6, 6.07) is 19.0. The number of hydrogen-bond donors (Lipinski definition) is 1. The molecule has 2 aromatic carbocycles. The fraction of sp³-hybridized carbons (Fsp3) is 0.118. The van der Waals surface area contributed by atoms with Crippen LogP contribution in [0.25, 0.3) is 22.4 Å². The molecule has 0 unspecified atom stereocenters. The van der Waals surface area contributed by atoms with Crippen LogP contribution in [0, 0.1) is 0 Å². The van der Waals surface area contributed by atoms with Crippen molar-refractivity contribution in [1.29, 1.82) is 0 Å². The molecule has 1 N–H and O–H groups in total. The van der Waals surface area contributed by atoms with E-state index in [0.717, 1.165) is 17.2 Å². The first kappa shape index (κ1) is 13.0. The molecular formula is C17H16N2S. The van der Waals surface area contributed by atoms with Crippen molar-refractivity contribution in [3.05, 3.63) is 65.0 Å². The first-order valence-corrected chi connectivity index (χ1v) is 7.49. The third kappa shape index (κ3) is 2.79. The van der Waals surface area contributed by atoms with E-state index >= 15 is 0 Å². The predicted molar refractivity (Wildman–Crippen MR) is 85.7 cm³/mol. The maximum atomic E-state index is 4.63. The molecule has 3 heteroatoms. The largest absolute Gasteiger partial charge is 0.314 e. The predicted octanol–water partition coefficient (Wildman–Crippen LogP) is 4.20. The van der Waals surface area contributed by atoms with E-state index in [2.05, 4.69) is 64.2 Å². The number of benzene rings is 2. The van der Waals surface area contributed by atoms with Gasteiger partial charge in [-0.3, -0.25) is 0 Å². The van der Waals surface area contributed by atoms with Gasteiger partial charge in [-0.1, -0.05) is 54.6 Å². The lowest BCUT2D eigenvalue weighted by Crippen LogP contribution is -2.04. The third-order valence-electron chi connectivity index (χ3n) is 3.17. The minimum Gasteiger partial charge on any atom is -0.314 e. The Hall–Kier alpha value is -1.97. The van der Waals surface area contributed by atoms with Crippen molar-refractivity contribution in [2.75, 3.05) is 7.05 Å². The van der Waals surface area contributed by atoms with Crippen LogP contribution < -0.4 is 5.32 Å². The number of aromatic nitrogens is 1. The van der Waals surface area contributed by atoms with Crippen LogP contribution in [0.4, 0.5) is 0 Å². The van der Waals surface area contributed by atoms with Gasteiger partial charge >= 0.3 is 0 Å². The summed E-state index contributed by atoms with van der Waals surface area (Å²) >= 11 is 1.70. The lowest BCUT2D eigenvalue weighted by molar-refractivity contribution is 0.811. The molecule has 2 nitrogen and oxygen atoms in total. The van der Waals surface area contributed by atoms with Gasteiger partial charge in [-0.25, -0.2) is 4.98 Å². The lowest BCUT2D eigenvalue weighted by Gasteiger charge is -2.02. The lowest BCUT2D eigenvalue weighted by atomic mass is 10.0. The summed E-state index contributed by atoms with van der Waals surface area (Å²) in [5, 5.41) is 6.36. The highest BCUT2D eigenvalue weighted by molar-refractivity contribution is 7.09. The van der Waals surface area contributed by atoms with Gasteiger partial charge in [-0.15, -0.1) is 11.3 Å². The second-order valence-electron chi connectivity index (χ2n) is 4.60. The number of nitrogens with one attached hydrogen (secondary N) is 1. The van der Waals surface area contributed by atoms with Crippen molar-refractivity contribution in [1.82, 2.24) is 10.3 Å². The molecule has 0 fully saturated rings. The molecule has 100 valence electrons. The van der Waals surface area contributed by atoms with Crippen LogP contribution in [0.2, 0.25) is 0 Å². The van der Waals surface area contributed by atoms with E-state index in [-0.39, 0.29) is 0 Å². The summed E-state index contributed by atoms with van der Waals surface area (Å²) in [6.07, 6.45) is 0. The fourth-order valence-corrected chi connectivity index (χ4v) is 2.96. The fourth-order valence-electron chi connectivity index (χ4n) is 2.14. The first-order valence-electron chi connectivity index (χ1n) is 6.61. The molecule has 0 spiro atoms. The molecule has 0 saturated heterocycles. The zero-order valence-electron chi connectivity index (χ0n) is 11.3. The van der Waals surface area contributed by atoms with Gasteiger partial charge in [-0.2, -0.15) is 0 Å². The zero-order valence-corrected chi connectivity index (χ0v) is 12.2. The summed E-state index contributed by atoms with van der Waals surface area (Å²) in [5.41, 5.74) is 4.70. The van der Waals surface area contributed by atoms with E-state index in [1.54, 1.807) is 11.3 Å². The number of nitrogens with zero attached hydrogens (tertiary/aromatic N) is 1. The summed E-state index contributed by atoms with van der Waals surface area (Å²) in [4.78, 5) is 4.63. The highest BCUT2D eigenvalue weighted by Gasteiger charge is 2.04.